The van der Waals surface area contributed by atoms with Gasteiger partial charge in [-0.3, -0.25) is 9.10 Å². The summed E-state index contributed by atoms with van der Waals surface area (Å²) in [7, 11) is -3.86. The minimum Gasteiger partial charge on any atom is -0.476 e. The average Bonchev–Trinajstić information content (AvgIpc) is 2.76. The number of sulfonamides is 1. The molecule has 30 heavy (non-hydrogen) atoms. The number of rotatable bonds is 4. The maximum atomic E-state index is 13.3. The Labute approximate surface area is 176 Å². The Bertz CT molecular complexity index is 1170. The van der Waals surface area contributed by atoms with Gasteiger partial charge in [0.15, 0.2) is 6.10 Å². The molecule has 0 saturated carbocycles. The van der Waals surface area contributed by atoms with Crippen molar-refractivity contribution in [1.29, 1.82) is 0 Å². The van der Waals surface area contributed by atoms with Crippen molar-refractivity contribution in [3.8, 4) is 5.75 Å². The maximum Gasteiger partial charge on any atom is 0.267 e. The van der Waals surface area contributed by atoms with Gasteiger partial charge in [0, 0.05) is 5.69 Å². The van der Waals surface area contributed by atoms with Gasteiger partial charge >= 0.3 is 0 Å². The highest BCUT2D eigenvalue weighted by Gasteiger charge is 2.37. The van der Waals surface area contributed by atoms with E-state index in [0.29, 0.717) is 17.1 Å². The van der Waals surface area contributed by atoms with E-state index in [1.165, 1.54) is 4.31 Å². The van der Waals surface area contributed by atoms with E-state index in [-0.39, 0.29) is 11.4 Å². The molecule has 0 aliphatic carbocycles. The van der Waals surface area contributed by atoms with Crippen molar-refractivity contribution in [3.63, 3.8) is 0 Å². The molecular weight excluding hydrogens is 400 g/mol. The average molecular weight is 423 g/mol. The van der Waals surface area contributed by atoms with Crippen LogP contribution < -0.4 is 14.4 Å². The van der Waals surface area contributed by atoms with Gasteiger partial charge in [0.1, 0.15) is 5.75 Å². The molecule has 4 rings (SSSR count). The molecule has 1 heterocycles. The SMILES string of the molecule is Cc1cccc(C)c1NC(=O)[C@H]1CN(S(=O)(=O)c2ccccc2)c2ccccc2O1. The number of anilines is 2. The zero-order chi connectivity index (χ0) is 21.3. The fourth-order valence-corrected chi connectivity index (χ4v) is 5.00. The molecule has 1 N–H and O–H groups in total. The molecule has 1 aliphatic heterocycles. The summed E-state index contributed by atoms with van der Waals surface area (Å²) < 4.78 is 33.8. The zero-order valence-corrected chi connectivity index (χ0v) is 17.5. The molecule has 3 aromatic carbocycles. The Hall–Kier alpha value is -3.32. The predicted octanol–water partition coefficient (Wildman–Crippen LogP) is 3.90. The summed E-state index contributed by atoms with van der Waals surface area (Å²) >= 11 is 0. The second kappa shape index (κ2) is 7.84. The van der Waals surface area contributed by atoms with Crippen molar-refractivity contribution in [2.24, 2.45) is 0 Å². The van der Waals surface area contributed by atoms with Gasteiger partial charge in [-0.05, 0) is 49.2 Å². The zero-order valence-electron chi connectivity index (χ0n) is 16.7. The fraction of sp³-hybridized carbons (Fsp3) is 0.174. The first-order chi connectivity index (χ1) is 14.4. The number of para-hydroxylation sites is 3. The second-order valence-corrected chi connectivity index (χ2v) is 9.04. The first-order valence-electron chi connectivity index (χ1n) is 9.58. The summed E-state index contributed by atoms with van der Waals surface area (Å²) in [5.74, 6) is -0.0416. The third kappa shape index (κ3) is 3.64. The van der Waals surface area contributed by atoms with Crippen LogP contribution in [0.3, 0.4) is 0 Å². The maximum absolute atomic E-state index is 13.3. The number of hydrogen-bond donors (Lipinski definition) is 1. The Kier molecular flexibility index (Phi) is 5.22. The van der Waals surface area contributed by atoms with Crippen molar-refractivity contribution in [3.05, 3.63) is 83.9 Å². The lowest BCUT2D eigenvalue weighted by molar-refractivity contribution is -0.122. The fourth-order valence-electron chi connectivity index (χ4n) is 3.50. The van der Waals surface area contributed by atoms with Crippen LogP contribution in [0.15, 0.2) is 77.7 Å². The molecule has 0 fully saturated rings. The molecule has 6 nitrogen and oxygen atoms in total. The van der Waals surface area contributed by atoms with E-state index >= 15 is 0 Å². The first kappa shape index (κ1) is 20.0. The van der Waals surface area contributed by atoms with E-state index in [4.69, 9.17) is 4.74 Å². The van der Waals surface area contributed by atoms with E-state index in [2.05, 4.69) is 5.32 Å². The van der Waals surface area contributed by atoms with E-state index in [9.17, 15) is 13.2 Å². The number of amides is 1. The molecule has 0 radical (unpaired) electrons. The van der Waals surface area contributed by atoms with Crippen LogP contribution in [0.4, 0.5) is 11.4 Å². The highest BCUT2D eigenvalue weighted by atomic mass is 32.2. The van der Waals surface area contributed by atoms with Gasteiger partial charge in [0.05, 0.1) is 17.1 Å². The van der Waals surface area contributed by atoms with Crippen molar-refractivity contribution < 1.29 is 17.9 Å². The van der Waals surface area contributed by atoms with Crippen molar-refractivity contribution in [2.45, 2.75) is 24.8 Å². The molecule has 0 unspecified atom stereocenters. The predicted molar refractivity (Wildman–Crippen MR) is 116 cm³/mol. The van der Waals surface area contributed by atoms with Gasteiger partial charge in [-0.2, -0.15) is 0 Å². The standard InChI is InChI=1S/C23H22N2O4S/c1-16-9-8-10-17(2)22(16)24-23(26)21-15-25(19-13-6-7-14-20(19)29-21)30(27,28)18-11-4-3-5-12-18/h3-14,21H,15H2,1-2H3,(H,24,26)/t21-/m1/s1. The summed E-state index contributed by atoms with van der Waals surface area (Å²) in [6.07, 6.45) is -0.989. The van der Waals surface area contributed by atoms with Crippen molar-refractivity contribution in [2.75, 3.05) is 16.2 Å². The number of benzene rings is 3. The third-order valence-corrected chi connectivity index (χ3v) is 6.88. The second-order valence-electron chi connectivity index (χ2n) is 7.18. The summed E-state index contributed by atoms with van der Waals surface area (Å²) in [4.78, 5) is 13.2. The van der Waals surface area contributed by atoms with E-state index in [1.54, 1.807) is 54.6 Å². The summed E-state index contributed by atoms with van der Waals surface area (Å²) in [5, 5.41) is 2.91. The molecule has 0 bridgehead atoms. The van der Waals surface area contributed by atoms with Crippen LogP contribution in [0, 0.1) is 13.8 Å². The van der Waals surface area contributed by atoms with Gasteiger partial charge in [-0.1, -0.05) is 48.5 Å². The molecular formula is C23H22N2O4S. The van der Waals surface area contributed by atoms with E-state index in [1.807, 2.05) is 32.0 Å². The minimum atomic E-state index is -3.86. The Morgan fingerprint density at radius 2 is 1.57 bits per heavy atom. The molecule has 154 valence electrons. The van der Waals surface area contributed by atoms with Gasteiger partial charge in [-0.15, -0.1) is 0 Å². The lowest BCUT2D eigenvalue weighted by Gasteiger charge is -2.34. The summed E-state index contributed by atoms with van der Waals surface area (Å²) in [5.41, 5.74) is 2.97. The summed E-state index contributed by atoms with van der Waals surface area (Å²) in [6.45, 7) is 3.70. The van der Waals surface area contributed by atoms with Gasteiger partial charge < -0.3 is 10.1 Å². The molecule has 1 atom stereocenters. The van der Waals surface area contributed by atoms with Crippen molar-refractivity contribution in [1.82, 2.24) is 0 Å². The van der Waals surface area contributed by atoms with Crippen LogP contribution in [0.2, 0.25) is 0 Å². The Morgan fingerprint density at radius 3 is 2.27 bits per heavy atom. The number of nitrogens with zero attached hydrogens (tertiary/aromatic N) is 1. The number of fused-ring (bicyclic) bond motifs is 1. The quantitative estimate of drug-likeness (QED) is 0.692. The molecule has 0 aromatic heterocycles. The highest BCUT2D eigenvalue weighted by molar-refractivity contribution is 7.92. The van der Waals surface area contributed by atoms with Gasteiger partial charge in [0.25, 0.3) is 15.9 Å². The number of hydrogen-bond acceptors (Lipinski definition) is 4. The molecule has 1 aliphatic rings. The largest absolute Gasteiger partial charge is 0.476 e. The molecule has 3 aromatic rings. The van der Waals surface area contributed by atoms with Crippen LogP contribution in [0.25, 0.3) is 0 Å². The lowest BCUT2D eigenvalue weighted by atomic mass is 10.1. The highest BCUT2D eigenvalue weighted by Crippen LogP contribution is 2.37. The van der Waals surface area contributed by atoms with Gasteiger partial charge in [0.2, 0.25) is 0 Å². The normalized spacial score (nSPS) is 15.8. The lowest BCUT2D eigenvalue weighted by Crippen LogP contribution is -2.48. The van der Waals surface area contributed by atoms with E-state index < -0.39 is 22.0 Å². The van der Waals surface area contributed by atoms with Gasteiger partial charge in [-0.25, -0.2) is 8.42 Å². The number of ether oxygens (including phenoxy) is 1. The van der Waals surface area contributed by atoms with Crippen LogP contribution in [0.1, 0.15) is 11.1 Å². The molecule has 7 heteroatoms. The van der Waals surface area contributed by atoms with Crippen LogP contribution in [0.5, 0.6) is 5.75 Å². The topological polar surface area (TPSA) is 75.7 Å². The summed E-state index contributed by atoms with van der Waals surface area (Å²) in [6, 6.07) is 20.8. The monoisotopic (exact) mass is 422 g/mol. The van der Waals surface area contributed by atoms with E-state index in [0.717, 1.165) is 11.1 Å². The molecule has 0 spiro atoms. The Balaban J connectivity index is 1.69. The third-order valence-electron chi connectivity index (χ3n) is 5.09. The van der Waals surface area contributed by atoms with Crippen LogP contribution in [-0.2, 0) is 14.8 Å². The number of aryl methyl sites for hydroxylation is 2. The van der Waals surface area contributed by atoms with Crippen LogP contribution >= 0.6 is 0 Å². The first-order valence-corrected chi connectivity index (χ1v) is 11.0. The molecule has 0 saturated heterocycles. The Morgan fingerprint density at radius 1 is 0.933 bits per heavy atom. The van der Waals surface area contributed by atoms with Crippen molar-refractivity contribution >= 4 is 27.3 Å². The number of carbonyl (C=O) groups is 1. The smallest absolute Gasteiger partial charge is 0.267 e. The molecule has 1 amide bonds. The number of nitrogens with one attached hydrogen (secondary N) is 1. The van der Waals surface area contributed by atoms with Crippen LogP contribution in [-0.4, -0.2) is 27.0 Å². The minimum absolute atomic E-state index is 0.120. The number of carbonyl (C=O) groups excluding carboxylic acids is 1.